The average molecular weight is 299 g/mol. The second-order valence-electron chi connectivity index (χ2n) is 5.19. The summed E-state index contributed by atoms with van der Waals surface area (Å²) in [6.07, 6.45) is 1.46. The molecule has 3 N–H and O–H groups in total. The standard InChI is InChI=1S/C12H21N5O2S/c1-9-7-17(8-10(2)16(9)3)20(18,19)12-11(15-13)5-4-6-14-12/h4-6,9-10,15H,7-8,13H2,1-3H3. The number of hydrogen-bond acceptors (Lipinski definition) is 6. The van der Waals surface area contributed by atoms with Crippen LogP contribution in [0.3, 0.4) is 0 Å². The van der Waals surface area contributed by atoms with E-state index in [0.29, 0.717) is 18.8 Å². The number of aromatic nitrogens is 1. The van der Waals surface area contributed by atoms with Crippen molar-refractivity contribution in [3.8, 4) is 0 Å². The Morgan fingerprint density at radius 1 is 1.35 bits per heavy atom. The minimum atomic E-state index is -3.64. The summed E-state index contributed by atoms with van der Waals surface area (Å²) >= 11 is 0. The summed E-state index contributed by atoms with van der Waals surface area (Å²) in [5.41, 5.74) is 2.71. The number of piperazine rings is 1. The van der Waals surface area contributed by atoms with Gasteiger partial charge in [-0.05, 0) is 33.0 Å². The summed E-state index contributed by atoms with van der Waals surface area (Å²) in [6, 6.07) is 3.56. The Bertz CT molecular complexity index is 565. The molecule has 1 aromatic heterocycles. The van der Waals surface area contributed by atoms with Gasteiger partial charge in [-0.25, -0.2) is 13.4 Å². The van der Waals surface area contributed by atoms with E-state index in [4.69, 9.17) is 5.84 Å². The van der Waals surface area contributed by atoms with Gasteiger partial charge in [-0.2, -0.15) is 4.31 Å². The van der Waals surface area contributed by atoms with Gasteiger partial charge < -0.3 is 5.43 Å². The summed E-state index contributed by atoms with van der Waals surface area (Å²) < 4.78 is 26.9. The highest BCUT2D eigenvalue weighted by atomic mass is 32.2. The van der Waals surface area contributed by atoms with Crippen molar-refractivity contribution in [1.29, 1.82) is 0 Å². The number of hydrazine groups is 1. The van der Waals surface area contributed by atoms with Crippen molar-refractivity contribution in [3.05, 3.63) is 18.3 Å². The van der Waals surface area contributed by atoms with E-state index in [1.54, 1.807) is 12.1 Å². The Balaban J connectivity index is 2.36. The summed E-state index contributed by atoms with van der Waals surface area (Å²) in [5, 5.41) is -0.0218. The van der Waals surface area contributed by atoms with Crippen molar-refractivity contribution in [2.24, 2.45) is 5.84 Å². The van der Waals surface area contributed by atoms with Crippen molar-refractivity contribution < 1.29 is 8.42 Å². The third kappa shape index (κ3) is 2.64. The topological polar surface area (TPSA) is 91.6 Å². The molecule has 2 heterocycles. The van der Waals surface area contributed by atoms with Gasteiger partial charge in [0.2, 0.25) is 0 Å². The minimum Gasteiger partial charge on any atom is -0.321 e. The lowest BCUT2D eigenvalue weighted by Gasteiger charge is -2.41. The third-order valence-electron chi connectivity index (χ3n) is 3.84. The first kappa shape index (κ1) is 15.2. The molecule has 1 aliphatic rings. The SMILES string of the molecule is CC1CN(S(=O)(=O)c2ncccc2NN)CC(C)N1C. The molecule has 20 heavy (non-hydrogen) atoms. The zero-order valence-electron chi connectivity index (χ0n) is 11.9. The van der Waals surface area contributed by atoms with Crippen LogP contribution < -0.4 is 11.3 Å². The number of nitrogens with two attached hydrogens (primary N) is 1. The molecule has 1 aliphatic heterocycles. The van der Waals surface area contributed by atoms with Crippen molar-refractivity contribution in [2.75, 3.05) is 25.6 Å². The molecule has 1 fully saturated rings. The van der Waals surface area contributed by atoms with Gasteiger partial charge in [0.1, 0.15) is 0 Å². The molecule has 2 atom stereocenters. The van der Waals surface area contributed by atoms with Crippen LogP contribution in [-0.2, 0) is 10.0 Å². The van der Waals surface area contributed by atoms with Crippen LogP contribution in [0.25, 0.3) is 0 Å². The molecule has 1 saturated heterocycles. The van der Waals surface area contributed by atoms with Crippen LogP contribution in [0.2, 0.25) is 0 Å². The van der Waals surface area contributed by atoms with E-state index >= 15 is 0 Å². The average Bonchev–Trinajstić information content (AvgIpc) is 2.44. The van der Waals surface area contributed by atoms with Gasteiger partial charge in [0, 0.05) is 31.4 Å². The zero-order valence-corrected chi connectivity index (χ0v) is 12.8. The molecule has 8 heteroatoms. The molecule has 0 saturated carbocycles. The van der Waals surface area contributed by atoms with Gasteiger partial charge in [0.15, 0.2) is 5.03 Å². The Kier molecular flexibility index (Phi) is 4.28. The van der Waals surface area contributed by atoms with Crippen molar-refractivity contribution in [3.63, 3.8) is 0 Å². The van der Waals surface area contributed by atoms with Gasteiger partial charge in [-0.15, -0.1) is 0 Å². The van der Waals surface area contributed by atoms with Crippen LogP contribution in [0.5, 0.6) is 0 Å². The fourth-order valence-corrected chi connectivity index (χ4v) is 4.05. The lowest BCUT2D eigenvalue weighted by molar-refractivity contribution is 0.105. The van der Waals surface area contributed by atoms with Crippen LogP contribution >= 0.6 is 0 Å². The Labute approximate surface area is 119 Å². The predicted octanol–water partition coefficient (Wildman–Crippen LogP) is 0.0803. The number of likely N-dealkylation sites (N-methyl/N-ethyl adjacent to an activating group) is 1. The summed E-state index contributed by atoms with van der Waals surface area (Å²) in [7, 11) is -1.63. The molecule has 1 aromatic rings. The summed E-state index contributed by atoms with van der Waals surface area (Å²) in [5.74, 6) is 5.37. The van der Waals surface area contributed by atoms with Crippen LogP contribution in [0, 0.1) is 0 Å². The monoisotopic (exact) mass is 299 g/mol. The molecule has 0 amide bonds. The molecule has 0 aromatic carbocycles. The highest BCUT2D eigenvalue weighted by Gasteiger charge is 2.36. The molecule has 112 valence electrons. The van der Waals surface area contributed by atoms with Crippen molar-refractivity contribution in [2.45, 2.75) is 31.0 Å². The molecule has 0 bridgehead atoms. The number of pyridine rings is 1. The molecule has 7 nitrogen and oxygen atoms in total. The molecule has 0 aliphatic carbocycles. The lowest BCUT2D eigenvalue weighted by Crippen LogP contribution is -2.56. The van der Waals surface area contributed by atoms with E-state index < -0.39 is 10.0 Å². The highest BCUT2D eigenvalue weighted by molar-refractivity contribution is 7.89. The molecular formula is C12H21N5O2S. The molecule has 0 radical (unpaired) electrons. The lowest BCUT2D eigenvalue weighted by atomic mass is 10.1. The maximum Gasteiger partial charge on any atom is 0.262 e. The maximum absolute atomic E-state index is 12.7. The highest BCUT2D eigenvalue weighted by Crippen LogP contribution is 2.25. The number of anilines is 1. The number of rotatable bonds is 3. The Morgan fingerprint density at radius 2 is 1.95 bits per heavy atom. The van der Waals surface area contributed by atoms with Crippen LogP contribution in [0.4, 0.5) is 5.69 Å². The molecule has 2 unspecified atom stereocenters. The Morgan fingerprint density at radius 3 is 2.50 bits per heavy atom. The summed E-state index contributed by atoms with van der Waals surface area (Å²) in [4.78, 5) is 6.15. The first-order valence-electron chi connectivity index (χ1n) is 6.51. The van der Waals surface area contributed by atoms with Crippen LogP contribution in [0.15, 0.2) is 23.4 Å². The van der Waals surface area contributed by atoms with Gasteiger partial charge in [0.05, 0.1) is 5.69 Å². The second-order valence-corrected chi connectivity index (χ2v) is 7.04. The maximum atomic E-state index is 12.7. The van der Waals surface area contributed by atoms with Gasteiger partial charge in [-0.1, -0.05) is 0 Å². The molecular weight excluding hydrogens is 278 g/mol. The van der Waals surface area contributed by atoms with E-state index in [9.17, 15) is 8.42 Å². The van der Waals surface area contributed by atoms with E-state index in [-0.39, 0.29) is 17.1 Å². The van der Waals surface area contributed by atoms with Crippen molar-refractivity contribution >= 4 is 15.7 Å². The van der Waals surface area contributed by atoms with E-state index in [1.807, 2.05) is 20.9 Å². The summed E-state index contributed by atoms with van der Waals surface area (Å²) in [6.45, 7) is 4.92. The molecule has 2 rings (SSSR count). The van der Waals surface area contributed by atoms with Crippen LogP contribution in [-0.4, -0.2) is 54.8 Å². The number of hydrogen-bond donors (Lipinski definition) is 2. The Hall–Kier alpha value is -1.22. The third-order valence-corrected chi connectivity index (χ3v) is 5.63. The second kappa shape index (κ2) is 5.65. The van der Waals surface area contributed by atoms with Gasteiger partial charge in [-0.3, -0.25) is 10.7 Å². The largest absolute Gasteiger partial charge is 0.321 e. The number of nitrogens with zero attached hydrogens (tertiary/aromatic N) is 3. The first-order valence-corrected chi connectivity index (χ1v) is 7.95. The van der Waals surface area contributed by atoms with E-state index in [0.717, 1.165) is 0 Å². The predicted molar refractivity (Wildman–Crippen MR) is 77.5 cm³/mol. The van der Waals surface area contributed by atoms with E-state index in [2.05, 4.69) is 15.3 Å². The molecule has 0 spiro atoms. The quantitative estimate of drug-likeness (QED) is 0.607. The van der Waals surface area contributed by atoms with Crippen molar-refractivity contribution in [1.82, 2.24) is 14.2 Å². The first-order chi connectivity index (χ1) is 9.37. The van der Waals surface area contributed by atoms with Gasteiger partial charge >= 0.3 is 0 Å². The zero-order chi connectivity index (χ0) is 14.9. The fourth-order valence-electron chi connectivity index (χ4n) is 2.38. The minimum absolute atomic E-state index is 0.0218. The van der Waals surface area contributed by atoms with Crippen LogP contribution in [0.1, 0.15) is 13.8 Å². The van der Waals surface area contributed by atoms with Gasteiger partial charge in [0.25, 0.3) is 10.0 Å². The van der Waals surface area contributed by atoms with E-state index in [1.165, 1.54) is 10.5 Å². The fraction of sp³-hybridized carbons (Fsp3) is 0.583. The normalized spacial score (nSPS) is 25.6. The number of sulfonamides is 1. The number of nitrogens with one attached hydrogen (secondary N) is 1. The number of nitrogen functional groups attached to an aromatic ring is 1. The smallest absolute Gasteiger partial charge is 0.262 e.